The Morgan fingerprint density at radius 1 is 1.50 bits per heavy atom. The van der Waals surface area contributed by atoms with Crippen LogP contribution < -0.4 is 0 Å². The van der Waals surface area contributed by atoms with E-state index in [1.807, 2.05) is 18.2 Å². The Bertz CT molecular complexity index is 357. The Labute approximate surface area is 83.6 Å². The number of benzene rings is 1. The zero-order valence-corrected chi connectivity index (χ0v) is 8.23. The van der Waals surface area contributed by atoms with Crippen LogP contribution >= 0.6 is 0 Å². The fraction of sp³-hybridized carbons (Fsp3) is 0.417. The van der Waals surface area contributed by atoms with E-state index < -0.39 is 5.97 Å². The molecule has 0 heterocycles. The van der Waals surface area contributed by atoms with Crippen molar-refractivity contribution < 1.29 is 9.90 Å². The molecule has 0 bridgehead atoms. The van der Waals surface area contributed by atoms with E-state index in [1.54, 1.807) is 0 Å². The van der Waals surface area contributed by atoms with E-state index in [-0.39, 0.29) is 11.8 Å². The molecule has 14 heavy (non-hydrogen) atoms. The van der Waals surface area contributed by atoms with Crippen molar-refractivity contribution in [2.24, 2.45) is 5.92 Å². The number of rotatable bonds is 2. The van der Waals surface area contributed by atoms with Gasteiger partial charge < -0.3 is 5.11 Å². The monoisotopic (exact) mass is 190 g/mol. The van der Waals surface area contributed by atoms with E-state index in [0.29, 0.717) is 6.42 Å². The fourth-order valence-electron chi connectivity index (χ4n) is 2.44. The SMILES string of the molecule is CCC1c2ccccc2CC1C(=O)O. The first-order valence-corrected chi connectivity index (χ1v) is 5.04. The van der Waals surface area contributed by atoms with E-state index in [2.05, 4.69) is 13.0 Å². The Morgan fingerprint density at radius 2 is 2.21 bits per heavy atom. The Kier molecular flexibility index (Phi) is 2.28. The van der Waals surface area contributed by atoms with Gasteiger partial charge in [-0.15, -0.1) is 0 Å². The standard InChI is InChI=1S/C12H14O2/c1-2-9-10-6-4-3-5-8(10)7-11(9)12(13)14/h3-6,9,11H,2,7H2,1H3,(H,13,14). The van der Waals surface area contributed by atoms with Gasteiger partial charge in [0.15, 0.2) is 0 Å². The van der Waals surface area contributed by atoms with Crippen LogP contribution in [-0.4, -0.2) is 11.1 Å². The second-order valence-electron chi connectivity index (χ2n) is 3.86. The first-order chi connectivity index (χ1) is 6.74. The molecule has 2 atom stereocenters. The number of carboxylic acid groups (broad SMARTS) is 1. The minimum absolute atomic E-state index is 0.211. The zero-order chi connectivity index (χ0) is 10.1. The highest BCUT2D eigenvalue weighted by molar-refractivity contribution is 5.73. The van der Waals surface area contributed by atoms with Gasteiger partial charge in [0.05, 0.1) is 5.92 Å². The van der Waals surface area contributed by atoms with Gasteiger partial charge in [-0.25, -0.2) is 0 Å². The summed E-state index contributed by atoms with van der Waals surface area (Å²) >= 11 is 0. The van der Waals surface area contributed by atoms with Crippen LogP contribution in [0.15, 0.2) is 24.3 Å². The number of hydrogen-bond donors (Lipinski definition) is 1. The predicted molar refractivity (Wildman–Crippen MR) is 54.3 cm³/mol. The third-order valence-electron chi connectivity index (χ3n) is 3.14. The van der Waals surface area contributed by atoms with Crippen LogP contribution in [-0.2, 0) is 11.2 Å². The summed E-state index contributed by atoms with van der Waals surface area (Å²) in [6.45, 7) is 2.06. The molecule has 1 aromatic carbocycles. The first-order valence-electron chi connectivity index (χ1n) is 5.04. The van der Waals surface area contributed by atoms with Crippen LogP contribution in [0, 0.1) is 5.92 Å². The lowest BCUT2D eigenvalue weighted by Gasteiger charge is -2.13. The van der Waals surface area contributed by atoms with E-state index in [4.69, 9.17) is 5.11 Å². The van der Waals surface area contributed by atoms with Gasteiger partial charge in [-0.05, 0) is 29.9 Å². The second kappa shape index (κ2) is 3.45. The minimum Gasteiger partial charge on any atom is -0.481 e. The van der Waals surface area contributed by atoms with Gasteiger partial charge in [0.1, 0.15) is 0 Å². The molecule has 0 radical (unpaired) electrons. The second-order valence-corrected chi connectivity index (χ2v) is 3.86. The van der Waals surface area contributed by atoms with Crippen LogP contribution in [0.3, 0.4) is 0 Å². The molecule has 2 unspecified atom stereocenters. The number of carboxylic acids is 1. The summed E-state index contributed by atoms with van der Waals surface area (Å²) in [7, 11) is 0. The molecule has 1 aromatic rings. The Balaban J connectivity index is 2.38. The predicted octanol–water partition coefficient (Wildman–Crippen LogP) is 2.44. The summed E-state index contributed by atoms with van der Waals surface area (Å²) in [5, 5.41) is 9.09. The average molecular weight is 190 g/mol. The number of hydrogen-bond acceptors (Lipinski definition) is 1. The number of aliphatic carboxylic acids is 1. The van der Waals surface area contributed by atoms with Gasteiger partial charge in [-0.2, -0.15) is 0 Å². The van der Waals surface area contributed by atoms with Gasteiger partial charge in [-0.1, -0.05) is 31.2 Å². The van der Waals surface area contributed by atoms with Crippen LogP contribution in [0.25, 0.3) is 0 Å². The summed E-state index contributed by atoms with van der Waals surface area (Å²) in [4.78, 5) is 11.0. The molecular formula is C12H14O2. The summed E-state index contributed by atoms with van der Waals surface area (Å²) in [6, 6.07) is 8.08. The summed E-state index contributed by atoms with van der Waals surface area (Å²) in [5.74, 6) is -0.658. The smallest absolute Gasteiger partial charge is 0.307 e. The Hall–Kier alpha value is -1.31. The van der Waals surface area contributed by atoms with E-state index in [9.17, 15) is 4.79 Å². The van der Waals surface area contributed by atoms with Crippen molar-refractivity contribution >= 4 is 5.97 Å². The van der Waals surface area contributed by atoms with Crippen LogP contribution in [0.4, 0.5) is 0 Å². The van der Waals surface area contributed by atoms with E-state index in [1.165, 1.54) is 11.1 Å². The van der Waals surface area contributed by atoms with Crippen molar-refractivity contribution in [3.63, 3.8) is 0 Å². The maximum Gasteiger partial charge on any atom is 0.307 e. The topological polar surface area (TPSA) is 37.3 Å². The minimum atomic E-state index is -0.659. The molecule has 1 aliphatic rings. The van der Waals surface area contributed by atoms with Crippen LogP contribution in [0.1, 0.15) is 30.4 Å². The first kappa shape index (κ1) is 9.25. The lowest BCUT2D eigenvalue weighted by Crippen LogP contribution is -2.17. The fourth-order valence-corrected chi connectivity index (χ4v) is 2.44. The molecule has 0 saturated heterocycles. The van der Waals surface area contributed by atoms with Gasteiger partial charge in [-0.3, -0.25) is 4.79 Å². The van der Waals surface area contributed by atoms with Crippen molar-refractivity contribution in [2.75, 3.05) is 0 Å². The highest BCUT2D eigenvalue weighted by Gasteiger charge is 2.35. The van der Waals surface area contributed by atoms with Gasteiger partial charge in [0, 0.05) is 0 Å². The highest BCUT2D eigenvalue weighted by Crippen LogP contribution is 2.39. The van der Waals surface area contributed by atoms with Crippen molar-refractivity contribution in [1.82, 2.24) is 0 Å². The highest BCUT2D eigenvalue weighted by atomic mass is 16.4. The van der Waals surface area contributed by atoms with Crippen molar-refractivity contribution in [2.45, 2.75) is 25.7 Å². The quantitative estimate of drug-likeness (QED) is 0.777. The van der Waals surface area contributed by atoms with Gasteiger partial charge in [0.25, 0.3) is 0 Å². The molecule has 1 aliphatic carbocycles. The third-order valence-corrected chi connectivity index (χ3v) is 3.14. The largest absolute Gasteiger partial charge is 0.481 e. The lowest BCUT2D eigenvalue weighted by atomic mass is 9.90. The molecule has 2 nitrogen and oxygen atoms in total. The lowest BCUT2D eigenvalue weighted by molar-refractivity contribution is -0.142. The maximum atomic E-state index is 11.0. The molecule has 0 saturated carbocycles. The molecule has 0 fully saturated rings. The Morgan fingerprint density at radius 3 is 2.86 bits per heavy atom. The van der Waals surface area contributed by atoms with E-state index in [0.717, 1.165) is 6.42 Å². The van der Waals surface area contributed by atoms with E-state index >= 15 is 0 Å². The third kappa shape index (κ3) is 1.31. The zero-order valence-electron chi connectivity index (χ0n) is 8.23. The molecule has 2 rings (SSSR count). The van der Waals surface area contributed by atoms with Crippen molar-refractivity contribution in [3.8, 4) is 0 Å². The maximum absolute atomic E-state index is 11.0. The van der Waals surface area contributed by atoms with Gasteiger partial charge >= 0.3 is 5.97 Å². The molecule has 0 aliphatic heterocycles. The molecule has 74 valence electrons. The number of fused-ring (bicyclic) bond motifs is 1. The average Bonchev–Trinajstić information content (AvgIpc) is 2.56. The van der Waals surface area contributed by atoms with Crippen LogP contribution in [0.2, 0.25) is 0 Å². The van der Waals surface area contributed by atoms with Crippen molar-refractivity contribution in [1.29, 1.82) is 0 Å². The molecule has 1 N–H and O–H groups in total. The molecule has 0 spiro atoms. The summed E-state index contributed by atoms with van der Waals surface area (Å²) in [5.41, 5.74) is 2.45. The molecule has 0 amide bonds. The molecule has 2 heteroatoms. The normalized spacial score (nSPS) is 24.6. The van der Waals surface area contributed by atoms with Crippen molar-refractivity contribution in [3.05, 3.63) is 35.4 Å². The summed E-state index contributed by atoms with van der Waals surface area (Å²) < 4.78 is 0. The number of carbonyl (C=O) groups is 1. The molecular weight excluding hydrogens is 176 g/mol. The van der Waals surface area contributed by atoms with Gasteiger partial charge in [0.2, 0.25) is 0 Å². The summed E-state index contributed by atoms with van der Waals surface area (Å²) in [6.07, 6.45) is 1.61. The van der Waals surface area contributed by atoms with Crippen LogP contribution in [0.5, 0.6) is 0 Å². The molecule has 0 aromatic heterocycles.